The molecule has 0 spiro atoms. The Hall–Kier alpha value is -1.85. The van der Waals surface area contributed by atoms with E-state index >= 15 is 0 Å². The van der Waals surface area contributed by atoms with Crippen molar-refractivity contribution < 1.29 is 9.13 Å². The van der Waals surface area contributed by atoms with Gasteiger partial charge in [0.2, 0.25) is 0 Å². The number of hydrogen-bond acceptors (Lipinski definition) is 2. The van der Waals surface area contributed by atoms with Crippen LogP contribution in [0.5, 0.6) is 5.75 Å². The van der Waals surface area contributed by atoms with Crippen molar-refractivity contribution in [2.75, 3.05) is 5.32 Å². The second kappa shape index (κ2) is 8.89. The quantitative estimate of drug-likeness (QED) is 0.394. The Morgan fingerprint density at radius 1 is 0.926 bits per heavy atom. The Labute approximate surface area is 176 Å². The number of anilines is 1. The summed E-state index contributed by atoms with van der Waals surface area (Å²) in [6.07, 6.45) is 0. The highest BCUT2D eigenvalue weighted by molar-refractivity contribution is 9.11. The predicted molar refractivity (Wildman–Crippen MR) is 116 cm³/mol. The summed E-state index contributed by atoms with van der Waals surface area (Å²) in [6.45, 7) is 5.31. The summed E-state index contributed by atoms with van der Waals surface area (Å²) in [5.41, 5.74) is 5.71. The van der Waals surface area contributed by atoms with Crippen LogP contribution >= 0.6 is 31.9 Å². The van der Waals surface area contributed by atoms with Gasteiger partial charge in [-0.1, -0.05) is 24.3 Å². The Morgan fingerprint density at radius 2 is 1.59 bits per heavy atom. The molecule has 0 fully saturated rings. The molecule has 0 saturated heterocycles. The van der Waals surface area contributed by atoms with E-state index in [0.717, 1.165) is 31.5 Å². The molecule has 0 radical (unpaired) electrons. The van der Waals surface area contributed by atoms with Crippen LogP contribution in [0.15, 0.2) is 63.5 Å². The molecule has 27 heavy (non-hydrogen) atoms. The lowest BCUT2D eigenvalue weighted by atomic mass is 10.1. The molecule has 0 aliphatic heterocycles. The number of halogens is 3. The zero-order valence-electron chi connectivity index (χ0n) is 15.2. The van der Waals surface area contributed by atoms with E-state index in [9.17, 15) is 4.39 Å². The van der Waals surface area contributed by atoms with Crippen molar-refractivity contribution in [3.8, 4) is 5.75 Å². The average molecular weight is 493 g/mol. The minimum absolute atomic E-state index is 0.248. The van der Waals surface area contributed by atoms with Crippen molar-refractivity contribution in [1.29, 1.82) is 0 Å². The number of nitrogens with one attached hydrogen (secondary N) is 1. The third-order valence-electron chi connectivity index (χ3n) is 4.44. The molecule has 3 aromatic rings. The van der Waals surface area contributed by atoms with Crippen molar-refractivity contribution >= 4 is 37.5 Å². The van der Waals surface area contributed by atoms with E-state index in [0.29, 0.717) is 13.2 Å². The van der Waals surface area contributed by atoms with Crippen LogP contribution < -0.4 is 10.1 Å². The van der Waals surface area contributed by atoms with E-state index in [1.54, 1.807) is 12.1 Å². The first-order valence-electron chi connectivity index (χ1n) is 8.59. The standard InChI is InChI=1S/C22H20Br2FNO/c1-14-4-3-5-21(15(14)2)26-12-17-10-19(23)22(20(24)11-17)27-13-16-6-8-18(25)9-7-16/h3-11,26H,12-13H2,1-2H3. The van der Waals surface area contributed by atoms with Gasteiger partial charge in [-0.15, -0.1) is 0 Å². The van der Waals surface area contributed by atoms with Crippen molar-refractivity contribution in [1.82, 2.24) is 0 Å². The summed E-state index contributed by atoms with van der Waals surface area (Å²) in [7, 11) is 0. The molecule has 3 rings (SSSR count). The lowest BCUT2D eigenvalue weighted by Gasteiger charge is -2.15. The maximum atomic E-state index is 13.0. The lowest BCUT2D eigenvalue weighted by Crippen LogP contribution is -2.03. The highest BCUT2D eigenvalue weighted by Crippen LogP contribution is 2.35. The van der Waals surface area contributed by atoms with E-state index in [2.05, 4.69) is 69.2 Å². The Morgan fingerprint density at radius 3 is 2.26 bits per heavy atom. The number of rotatable bonds is 6. The van der Waals surface area contributed by atoms with Crippen LogP contribution in [0, 0.1) is 19.7 Å². The molecule has 0 aliphatic rings. The molecule has 0 unspecified atom stereocenters. The first kappa shape index (κ1) is 19.9. The van der Waals surface area contributed by atoms with E-state index in [1.165, 1.54) is 23.3 Å². The number of hydrogen-bond donors (Lipinski definition) is 1. The van der Waals surface area contributed by atoms with Gasteiger partial charge in [0.15, 0.2) is 0 Å². The largest absolute Gasteiger partial charge is 0.487 e. The van der Waals surface area contributed by atoms with Crippen LogP contribution in [0.2, 0.25) is 0 Å². The third-order valence-corrected chi connectivity index (χ3v) is 5.62. The summed E-state index contributed by atoms with van der Waals surface area (Å²) < 4.78 is 20.7. The minimum Gasteiger partial charge on any atom is -0.487 e. The number of benzene rings is 3. The molecule has 3 aromatic carbocycles. The maximum absolute atomic E-state index is 13.0. The SMILES string of the molecule is Cc1cccc(NCc2cc(Br)c(OCc3ccc(F)cc3)c(Br)c2)c1C. The number of ether oxygens (including phenoxy) is 1. The van der Waals surface area contributed by atoms with Gasteiger partial charge in [0.05, 0.1) is 8.95 Å². The Bertz CT molecular complexity index is 919. The highest BCUT2D eigenvalue weighted by atomic mass is 79.9. The molecule has 5 heteroatoms. The van der Waals surface area contributed by atoms with Gasteiger partial charge in [0.25, 0.3) is 0 Å². The van der Waals surface area contributed by atoms with Gasteiger partial charge in [0, 0.05) is 12.2 Å². The van der Waals surface area contributed by atoms with Crippen LogP contribution in [0.4, 0.5) is 10.1 Å². The summed E-state index contributed by atoms with van der Waals surface area (Å²) in [6, 6.07) is 16.7. The molecule has 0 aliphatic carbocycles. The fourth-order valence-corrected chi connectivity index (χ4v) is 4.24. The first-order chi connectivity index (χ1) is 12.9. The molecular weight excluding hydrogens is 473 g/mol. The van der Waals surface area contributed by atoms with Gasteiger partial charge in [-0.2, -0.15) is 0 Å². The van der Waals surface area contributed by atoms with Crippen LogP contribution in [-0.4, -0.2) is 0 Å². The van der Waals surface area contributed by atoms with Gasteiger partial charge in [-0.3, -0.25) is 0 Å². The molecule has 1 N–H and O–H groups in total. The third kappa shape index (κ3) is 5.11. The van der Waals surface area contributed by atoms with Crippen molar-refractivity contribution in [3.63, 3.8) is 0 Å². The van der Waals surface area contributed by atoms with E-state index in [1.807, 2.05) is 12.1 Å². The molecule has 0 aromatic heterocycles. The highest BCUT2D eigenvalue weighted by Gasteiger charge is 2.10. The topological polar surface area (TPSA) is 21.3 Å². The molecule has 2 nitrogen and oxygen atoms in total. The van der Waals surface area contributed by atoms with Crippen molar-refractivity contribution in [3.05, 3.63) is 91.6 Å². The van der Waals surface area contributed by atoms with Crippen molar-refractivity contribution in [2.24, 2.45) is 0 Å². The van der Waals surface area contributed by atoms with Gasteiger partial charge in [-0.25, -0.2) is 4.39 Å². The van der Waals surface area contributed by atoms with E-state index < -0.39 is 0 Å². The molecule has 0 heterocycles. The summed E-state index contributed by atoms with van der Waals surface area (Å²) in [5.74, 6) is 0.483. The van der Waals surface area contributed by atoms with Gasteiger partial charge >= 0.3 is 0 Å². The Kier molecular flexibility index (Phi) is 6.55. The molecule has 0 atom stereocenters. The van der Waals surface area contributed by atoms with E-state index in [4.69, 9.17) is 4.74 Å². The molecule has 0 saturated carbocycles. The van der Waals surface area contributed by atoms with E-state index in [-0.39, 0.29) is 5.82 Å². The normalized spacial score (nSPS) is 10.7. The lowest BCUT2D eigenvalue weighted by molar-refractivity contribution is 0.302. The molecule has 0 amide bonds. The van der Waals surface area contributed by atoms with Gasteiger partial charge < -0.3 is 10.1 Å². The number of aryl methyl sites for hydroxylation is 1. The summed E-state index contributed by atoms with van der Waals surface area (Å²) >= 11 is 7.19. The Balaban J connectivity index is 1.68. The monoisotopic (exact) mass is 491 g/mol. The van der Waals surface area contributed by atoms with Crippen LogP contribution in [-0.2, 0) is 13.2 Å². The van der Waals surface area contributed by atoms with Gasteiger partial charge in [-0.05, 0) is 98.3 Å². The van der Waals surface area contributed by atoms with Gasteiger partial charge in [0.1, 0.15) is 18.2 Å². The second-order valence-corrected chi connectivity index (χ2v) is 8.11. The summed E-state index contributed by atoms with van der Waals surface area (Å²) in [5, 5.41) is 3.49. The second-order valence-electron chi connectivity index (χ2n) is 6.40. The van der Waals surface area contributed by atoms with Crippen LogP contribution in [0.25, 0.3) is 0 Å². The zero-order valence-corrected chi connectivity index (χ0v) is 18.3. The molecular formula is C22H20Br2FNO. The smallest absolute Gasteiger partial charge is 0.148 e. The minimum atomic E-state index is -0.248. The molecule has 140 valence electrons. The zero-order chi connectivity index (χ0) is 19.4. The van der Waals surface area contributed by atoms with Crippen LogP contribution in [0.1, 0.15) is 22.3 Å². The fraction of sp³-hybridized carbons (Fsp3) is 0.182. The average Bonchev–Trinajstić information content (AvgIpc) is 2.64. The summed E-state index contributed by atoms with van der Waals surface area (Å²) in [4.78, 5) is 0. The fourth-order valence-electron chi connectivity index (χ4n) is 2.73. The first-order valence-corrected chi connectivity index (χ1v) is 10.2. The van der Waals surface area contributed by atoms with Crippen LogP contribution in [0.3, 0.4) is 0 Å². The van der Waals surface area contributed by atoms with Crippen molar-refractivity contribution in [2.45, 2.75) is 27.0 Å². The predicted octanol–water partition coefficient (Wildman–Crippen LogP) is 7.16. The maximum Gasteiger partial charge on any atom is 0.148 e. The molecule has 0 bridgehead atoms.